The maximum atomic E-state index is 11.8. The van der Waals surface area contributed by atoms with E-state index in [2.05, 4.69) is 25.6 Å². The second-order valence-corrected chi connectivity index (χ2v) is 4.71. The molecule has 1 aromatic rings. The summed E-state index contributed by atoms with van der Waals surface area (Å²) in [5.74, 6) is -0.0453. The Kier molecular flexibility index (Phi) is 4.33. The van der Waals surface area contributed by atoms with Crippen molar-refractivity contribution >= 4 is 35.3 Å². The van der Waals surface area contributed by atoms with Crippen LogP contribution in [0.1, 0.15) is 19.8 Å². The smallest absolute Gasteiger partial charge is 0.252 e. The second-order valence-electron chi connectivity index (χ2n) is 4.37. The number of likely N-dealkylation sites (N-methyl/N-ethyl adjacent to an activating group) is 1. The molecule has 1 unspecified atom stereocenters. The summed E-state index contributed by atoms with van der Waals surface area (Å²) < 4.78 is 0. The van der Waals surface area contributed by atoms with Gasteiger partial charge in [-0.25, -0.2) is 0 Å². The van der Waals surface area contributed by atoms with Crippen LogP contribution >= 0.6 is 11.6 Å². The Balaban J connectivity index is 2.11. The minimum Gasteiger partial charge on any atom is -0.354 e. The van der Waals surface area contributed by atoms with Crippen molar-refractivity contribution in [3.63, 3.8) is 0 Å². The quantitative estimate of drug-likeness (QED) is 0.764. The Morgan fingerprint density at radius 3 is 2.60 bits per heavy atom. The van der Waals surface area contributed by atoms with Crippen molar-refractivity contribution in [3.05, 3.63) is 5.28 Å². The summed E-state index contributed by atoms with van der Waals surface area (Å²) in [5.41, 5.74) is 0. The van der Waals surface area contributed by atoms with E-state index in [-0.39, 0.29) is 29.5 Å². The topological polar surface area (TPSA) is 100 Å². The number of hydrogen-bond acceptors (Lipinski definition) is 7. The minimum atomic E-state index is -0.662. The number of rotatable bonds is 5. The largest absolute Gasteiger partial charge is 0.354 e. The van der Waals surface area contributed by atoms with Gasteiger partial charge in [0, 0.05) is 13.6 Å². The van der Waals surface area contributed by atoms with Gasteiger partial charge < -0.3 is 10.6 Å². The average Bonchev–Trinajstić information content (AvgIpc) is 2.63. The van der Waals surface area contributed by atoms with Crippen molar-refractivity contribution in [3.8, 4) is 0 Å². The summed E-state index contributed by atoms with van der Waals surface area (Å²) in [7, 11) is 1.45. The Morgan fingerprint density at radius 2 is 2.00 bits per heavy atom. The molecule has 0 saturated carbocycles. The van der Waals surface area contributed by atoms with Crippen LogP contribution in [0, 0.1) is 0 Å². The van der Waals surface area contributed by atoms with Crippen molar-refractivity contribution in [1.29, 1.82) is 0 Å². The van der Waals surface area contributed by atoms with E-state index in [1.807, 2.05) is 6.92 Å². The molecule has 1 aliphatic heterocycles. The van der Waals surface area contributed by atoms with Crippen LogP contribution in [0.3, 0.4) is 0 Å². The van der Waals surface area contributed by atoms with E-state index in [0.29, 0.717) is 12.5 Å². The average molecular weight is 299 g/mol. The predicted molar refractivity (Wildman–Crippen MR) is 73.4 cm³/mol. The van der Waals surface area contributed by atoms with E-state index in [1.54, 1.807) is 0 Å². The molecule has 1 aliphatic rings. The first kappa shape index (κ1) is 14.4. The summed E-state index contributed by atoms with van der Waals surface area (Å²) in [5, 5.41) is 5.81. The number of aromatic nitrogens is 3. The standard InChI is InChI=1S/C11H15ClN6O2/c1-3-4-13-10-15-9(12)16-11(17-10)14-6-5-7(19)18(2)8(6)20/h6H,3-5H2,1-2H3,(H2,13,14,15,16,17). The molecule has 1 fully saturated rings. The highest BCUT2D eigenvalue weighted by Crippen LogP contribution is 2.16. The summed E-state index contributed by atoms with van der Waals surface area (Å²) in [6.07, 6.45) is 0.989. The summed E-state index contributed by atoms with van der Waals surface area (Å²) in [6.45, 7) is 2.71. The molecule has 1 atom stereocenters. The van der Waals surface area contributed by atoms with Gasteiger partial charge in [0.2, 0.25) is 23.1 Å². The maximum Gasteiger partial charge on any atom is 0.252 e. The number of imide groups is 1. The van der Waals surface area contributed by atoms with Crippen LogP contribution < -0.4 is 10.6 Å². The lowest BCUT2D eigenvalue weighted by Gasteiger charge is -2.11. The third-order valence-corrected chi connectivity index (χ3v) is 3.00. The predicted octanol–water partition coefficient (Wildman–Crippen LogP) is 0.516. The number of hydrogen-bond donors (Lipinski definition) is 2. The van der Waals surface area contributed by atoms with Crippen LogP contribution in [0.25, 0.3) is 0 Å². The maximum absolute atomic E-state index is 11.8. The van der Waals surface area contributed by atoms with E-state index in [0.717, 1.165) is 11.3 Å². The lowest BCUT2D eigenvalue weighted by molar-refractivity contribution is -0.136. The Hall–Kier alpha value is -1.96. The highest BCUT2D eigenvalue weighted by Gasteiger charge is 2.36. The lowest BCUT2D eigenvalue weighted by atomic mass is 10.2. The van der Waals surface area contributed by atoms with Crippen LogP contribution in [-0.4, -0.2) is 51.3 Å². The fourth-order valence-electron chi connectivity index (χ4n) is 1.75. The number of carbonyl (C=O) groups is 2. The number of carbonyl (C=O) groups excluding carboxylic acids is 2. The van der Waals surface area contributed by atoms with Gasteiger partial charge in [0.1, 0.15) is 6.04 Å². The van der Waals surface area contributed by atoms with Crippen molar-refractivity contribution in [2.45, 2.75) is 25.8 Å². The molecule has 2 N–H and O–H groups in total. The van der Waals surface area contributed by atoms with Crippen LogP contribution in [0.2, 0.25) is 5.28 Å². The number of halogens is 1. The van der Waals surface area contributed by atoms with Gasteiger partial charge in [-0.3, -0.25) is 14.5 Å². The van der Waals surface area contributed by atoms with Gasteiger partial charge in [-0.05, 0) is 18.0 Å². The molecule has 0 aromatic carbocycles. The van der Waals surface area contributed by atoms with Gasteiger partial charge in [-0.2, -0.15) is 15.0 Å². The van der Waals surface area contributed by atoms with E-state index >= 15 is 0 Å². The highest BCUT2D eigenvalue weighted by atomic mass is 35.5. The fourth-order valence-corrected chi connectivity index (χ4v) is 1.91. The number of nitrogens with one attached hydrogen (secondary N) is 2. The normalized spacial score (nSPS) is 18.6. The molecule has 9 heteroatoms. The molecule has 108 valence electrons. The molecule has 1 saturated heterocycles. The molecule has 2 rings (SSSR count). The van der Waals surface area contributed by atoms with Gasteiger partial charge in [-0.1, -0.05) is 6.92 Å². The first-order valence-electron chi connectivity index (χ1n) is 6.23. The van der Waals surface area contributed by atoms with Gasteiger partial charge in [0.05, 0.1) is 6.42 Å². The molecule has 0 aliphatic carbocycles. The SMILES string of the molecule is CCCNc1nc(Cl)nc(NC2CC(=O)N(C)C2=O)n1. The number of likely N-dealkylation sites (tertiary alicyclic amines) is 1. The van der Waals surface area contributed by atoms with Crippen LogP contribution in [0.4, 0.5) is 11.9 Å². The van der Waals surface area contributed by atoms with Crippen molar-refractivity contribution in [2.24, 2.45) is 0 Å². The molecule has 2 heterocycles. The van der Waals surface area contributed by atoms with E-state index in [1.165, 1.54) is 7.05 Å². The van der Waals surface area contributed by atoms with Crippen LogP contribution in [-0.2, 0) is 9.59 Å². The minimum absolute atomic E-state index is 0.0197. The van der Waals surface area contributed by atoms with Crippen molar-refractivity contribution < 1.29 is 9.59 Å². The first-order chi connectivity index (χ1) is 9.51. The van der Waals surface area contributed by atoms with Gasteiger partial charge >= 0.3 is 0 Å². The molecule has 20 heavy (non-hydrogen) atoms. The molecule has 8 nitrogen and oxygen atoms in total. The Labute approximate surface area is 120 Å². The molecule has 0 radical (unpaired) electrons. The summed E-state index contributed by atoms with van der Waals surface area (Å²) in [6, 6.07) is -0.662. The Morgan fingerprint density at radius 1 is 1.30 bits per heavy atom. The first-order valence-corrected chi connectivity index (χ1v) is 6.61. The fraction of sp³-hybridized carbons (Fsp3) is 0.545. The van der Waals surface area contributed by atoms with Crippen LogP contribution in [0.15, 0.2) is 0 Å². The third kappa shape index (κ3) is 3.13. The number of amides is 2. The van der Waals surface area contributed by atoms with Gasteiger partial charge in [-0.15, -0.1) is 0 Å². The molecule has 2 amide bonds. The number of anilines is 2. The monoisotopic (exact) mass is 298 g/mol. The molecular formula is C11H15ClN6O2. The highest BCUT2D eigenvalue weighted by molar-refractivity contribution is 6.28. The number of nitrogens with zero attached hydrogens (tertiary/aromatic N) is 4. The van der Waals surface area contributed by atoms with E-state index in [9.17, 15) is 9.59 Å². The van der Waals surface area contributed by atoms with E-state index in [4.69, 9.17) is 11.6 Å². The zero-order chi connectivity index (χ0) is 14.7. The zero-order valence-electron chi connectivity index (χ0n) is 11.2. The van der Waals surface area contributed by atoms with Gasteiger partial charge in [0.25, 0.3) is 5.91 Å². The molecule has 1 aromatic heterocycles. The second kappa shape index (κ2) is 6.00. The summed E-state index contributed by atoms with van der Waals surface area (Å²) >= 11 is 5.80. The van der Waals surface area contributed by atoms with Crippen molar-refractivity contribution in [2.75, 3.05) is 24.2 Å². The van der Waals surface area contributed by atoms with Gasteiger partial charge in [0.15, 0.2) is 0 Å². The summed E-state index contributed by atoms with van der Waals surface area (Å²) in [4.78, 5) is 36.2. The zero-order valence-corrected chi connectivity index (χ0v) is 11.9. The van der Waals surface area contributed by atoms with Crippen molar-refractivity contribution in [1.82, 2.24) is 19.9 Å². The van der Waals surface area contributed by atoms with E-state index < -0.39 is 6.04 Å². The molecule has 0 spiro atoms. The lowest BCUT2D eigenvalue weighted by Crippen LogP contribution is -2.32. The Bertz CT molecular complexity index is 538. The van der Waals surface area contributed by atoms with Crippen LogP contribution in [0.5, 0.6) is 0 Å². The molecule has 0 bridgehead atoms. The molecular weight excluding hydrogens is 284 g/mol. The third-order valence-electron chi connectivity index (χ3n) is 2.83.